The number of para-hydroxylation sites is 1. The number of nitrogens with zero attached hydrogens (tertiary/aromatic N) is 1. The van der Waals surface area contributed by atoms with Crippen LogP contribution < -0.4 is 14.8 Å². The monoisotopic (exact) mass is 390 g/mol. The van der Waals surface area contributed by atoms with Gasteiger partial charge in [-0.1, -0.05) is 6.07 Å². The summed E-state index contributed by atoms with van der Waals surface area (Å²) in [5, 5.41) is 23.4. The number of nitro groups is 1. The van der Waals surface area contributed by atoms with Gasteiger partial charge in [0.25, 0.3) is 11.6 Å². The Balaban J connectivity index is 2.05. The molecule has 0 atom stereocenters. The fourth-order valence-electron chi connectivity index (χ4n) is 2.27. The second-order valence-electron chi connectivity index (χ2n) is 5.35. The highest BCUT2D eigenvalue weighted by atomic mass is 16.6. The van der Waals surface area contributed by atoms with E-state index in [4.69, 9.17) is 14.2 Å². The van der Waals surface area contributed by atoms with Crippen molar-refractivity contribution < 1.29 is 33.8 Å². The molecular formula is C18H18N2O8. The van der Waals surface area contributed by atoms with Gasteiger partial charge in [0.05, 0.1) is 24.7 Å². The Morgan fingerprint density at radius 3 is 2.64 bits per heavy atom. The Labute approximate surface area is 159 Å². The lowest BCUT2D eigenvalue weighted by molar-refractivity contribution is -0.384. The molecule has 0 bridgehead atoms. The lowest BCUT2D eigenvalue weighted by Crippen LogP contribution is -2.21. The molecule has 0 unspecified atom stereocenters. The van der Waals surface area contributed by atoms with Crippen LogP contribution in [0.2, 0.25) is 0 Å². The third-order valence-electron chi connectivity index (χ3n) is 3.52. The molecule has 2 aromatic rings. The average molecular weight is 390 g/mol. The summed E-state index contributed by atoms with van der Waals surface area (Å²) in [6.07, 6.45) is 0. The topological polar surface area (TPSA) is 137 Å². The minimum absolute atomic E-state index is 0.0706. The molecule has 0 saturated carbocycles. The van der Waals surface area contributed by atoms with Gasteiger partial charge < -0.3 is 24.6 Å². The summed E-state index contributed by atoms with van der Waals surface area (Å²) in [4.78, 5) is 34.6. The van der Waals surface area contributed by atoms with Gasteiger partial charge in [-0.3, -0.25) is 14.9 Å². The largest absolute Gasteiger partial charge is 0.504 e. The van der Waals surface area contributed by atoms with Crippen molar-refractivity contribution >= 4 is 23.3 Å². The quantitative estimate of drug-likeness (QED) is 0.398. The summed E-state index contributed by atoms with van der Waals surface area (Å²) in [5.74, 6) is -1.80. The Bertz CT molecular complexity index is 897. The molecule has 28 heavy (non-hydrogen) atoms. The van der Waals surface area contributed by atoms with Crippen LogP contribution in [-0.2, 0) is 9.53 Å². The van der Waals surface area contributed by atoms with Gasteiger partial charge in [0.2, 0.25) is 0 Å². The molecule has 0 aromatic heterocycles. The van der Waals surface area contributed by atoms with Gasteiger partial charge in [-0.05, 0) is 31.2 Å². The summed E-state index contributed by atoms with van der Waals surface area (Å²) in [7, 11) is 1.32. The number of nitrogens with one attached hydrogen (secondary N) is 1. The van der Waals surface area contributed by atoms with Gasteiger partial charge in [0.1, 0.15) is 17.0 Å². The molecule has 10 heteroatoms. The molecule has 0 aliphatic rings. The molecular weight excluding hydrogens is 372 g/mol. The van der Waals surface area contributed by atoms with Gasteiger partial charge in [-0.15, -0.1) is 0 Å². The fourth-order valence-corrected chi connectivity index (χ4v) is 2.27. The number of nitro benzene ring substituents is 1. The van der Waals surface area contributed by atoms with Crippen molar-refractivity contribution in [3.63, 3.8) is 0 Å². The number of anilines is 1. The van der Waals surface area contributed by atoms with Crippen LogP contribution in [0.15, 0.2) is 36.4 Å². The first-order chi connectivity index (χ1) is 13.4. The number of methoxy groups -OCH3 is 1. The Morgan fingerprint density at radius 2 is 2.00 bits per heavy atom. The van der Waals surface area contributed by atoms with E-state index < -0.39 is 29.2 Å². The number of rotatable bonds is 8. The van der Waals surface area contributed by atoms with Crippen molar-refractivity contribution in [1.29, 1.82) is 0 Å². The van der Waals surface area contributed by atoms with E-state index in [0.717, 1.165) is 0 Å². The van der Waals surface area contributed by atoms with E-state index in [1.807, 2.05) is 0 Å². The summed E-state index contributed by atoms with van der Waals surface area (Å²) >= 11 is 0. The molecule has 148 valence electrons. The number of carbonyl (C=O) groups is 2. The smallest absolute Gasteiger partial charge is 0.342 e. The maximum absolute atomic E-state index is 12.0. The number of amides is 1. The highest BCUT2D eigenvalue weighted by Crippen LogP contribution is 2.30. The number of phenols is 1. The number of esters is 1. The number of aromatic hydroxyl groups is 1. The summed E-state index contributed by atoms with van der Waals surface area (Å²) < 4.78 is 14.9. The molecule has 0 aliphatic carbocycles. The number of benzene rings is 2. The molecule has 2 aromatic carbocycles. The summed E-state index contributed by atoms with van der Waals surface area (Å²) in [6, 6.07) is 8.18. The predicted octanol–water partition coefficient (Wildman–Crippen LogP) is 2.50. The summed E-state index contributed by atoms with van der Waals surface area (Å²) in [6.45, 7) is 1.35. The first kappa shape index (κ1) is 20.5. The van der Waals surface area contributed by atoms with E-state index in [1.165, 1.54) is 43.5 Å². The van der Waals surface area contributed by atoms with E-state index in [-0.39, 0.29) is 28.4 Å². The zero-order chi connectivity index (χ0) is 20.7. The van der Waals surface area contributed by atoms with Crippen LogP contribution in [0.1, 0.15) is 17.3 Å². The molecule has 0 fully saturated rings. The number of phenolic OH excluding ortho intramolecular Hbond substituents is 1. The van der Waals surface area contributed by atoms with Crippen LogP contribution in [0.4, 0.5) is 11.4 Å². The first-order valence-electron chi connectivity index (χ1n) is 8.11. The van der Waals surface area contributed by atoms with Gasteiger partial charge in [0.15, 0.2) is 18.1 Å². The maximum Gasteiger partial charge on any atom is 0.342 e. The second kappa shape index (κ2) is 9.21. The van der Waals surface area contributed by atoms with Crippen LogP contribution in [0.25, 0.3) is 0 Å². The van der Waals surface area contributed by atoms with Crippen LogP contribution >= 0.6 is 0 Å². The number of hydrogen-bond donors (Lipinski definition) is 2. The van der Waals surface area contributed by atoms with Gasteiger partial charge >= 0.3 is 5.97 Å². The standard InChI is InChI=1S/C18H18N2O8/c1-3-27-11-7-8-13(14(9-11)20(24)25)19-16(21)10-28-18(23)12-5-4-6-15(26-2)17(12)22/h4-9,22H,3,10H2,1-2H3,(H,19,21). The fraction of sp³-hybridized carbons (Fsp3) is 0.222. The third-order valence-corrected chi connectivity index (χ3v) is 3.52. The zero-order valence-electron chi connectivity index (χ0n) is 15.1. The molecule has 2 rings (SSSR count). The first-order valence-corrected chi connectivity index (χ1v) is 8.11. The van der Waals surface area contributed by atoms with Crippen molar-refractivity contribution in [3.8, 4) is 17.2 Å². The summed E-state index contributed by atoms with van der Waals surface area (Å²) in [5.41, 5.74) is -0.617. The van der Waals surface area contributed by atoms with E-state index in [9.17, 15) is 24.8 Å². The van der Waals surface area contributed by atoms with E-state index in [0.29, 0.717) is 6.61 Å². The molecule has 2 N–H and O–H groups in total. The Kier molecular flexibility index (Phi) is 6.74. The van der Waals surface area contributed by atoms with Gasteiger partial charge in [-0.2, -0.15) is 0 Å². The van der Waals surface area contributed by atoms with Crippen LogP contribution in [-0.4, -0.2) is 42.2 Å². The molecule has 0 heterocycles. The van der Waals surface area contributed by atoms with Crippen molar-refractivity contribution in [2.24, 2.45) is 0 Å². The zero-order valence-corrected chi connectivity index (χ0v) is 15.1. The van der Waals surface area contributed by atoms with Crippen molar-refractivity contribution in [2.45, 2.75) is 6.92 Å². The van der Waals surface area contributed by atoms with E-state index in [2.05, 4.69) is 5.32 Å². The molecule has 1 amide bonds. The molecule has 0 saturated heterocycles. The maximum atomic E-state index is 12.0. The minimum Gasteiger partial charge on any atom is -0.504 e. The number of ether oxygens (including phenoxy) is 3. The van der Waals surface area contributed by atoms with Crippen LogP contribution in [0.5, 0.6) is 17.2 Å². The molecule has 0 spiro atoms. The normalized spacial score (nSPS) is 10.1. The van der Waals surface area contributed by atoms with Crippen molar-refractivity contribution in [2.75, 3.05) is 25.6 Å². The SMILES string of the molecule is CCOc1ccc(NC(=O)COC(=O)c2cccc(OC)c2O)c([N+](=O)[O-])c1. The predicted molar refractivity (Wildman–Crippen MR) is 97.8 cm³/mol. The minimum atomic E-state index is -0.951. The lowest BCUT2D eigenvalue weighted by atomic mass is 10.2. The average Bonchev–Trinajstić information content (AvgIpc) is 2.67. The highest BCUT2D eigenvalue weighted by Gasteiger charge is 2.20. The van der Waals surface area contributed by atoms with E-state index in [1.54, 1.807) is 6.92 Å². The van der Waals surface area contributed by atoms with Crippen LogP contribution in [0, 0.1) is 10.1 Å². The van der Waals surface area contributed by atoms with Gasteiger partial charge in [-0.25, -0.2) is 4.79 Å². The molecule has 0 aliphatic heterocycles. The third kappa shape index (κ3) is 4.87. The number of hydrogen-bond acceptors (Lipinski definition) is 8. The second-order valence-corrected chi connectivity index (χ2v) is 5.35. The van der Waals surface area contributed by atoms with Gasteiger partial charge in [0, 0.05) is 0 Å². The highest BCUT2D eigenvalue weighted by molar-refractivity contribution is 5.98. The van der Waals surface area contributed by atoms with Crippen LogP contribution in [0.3, 0.4) is 0 Å². The van der Waals surface area contributed by atoms with E-state index >= 15 is 0 Å². The molecule has 0 radical (unpaired) electrons. The molecule has 10 nitrogen and oxygen atoms in total. The Hall–Kier alpha value is -3.82. The van der Waals surface area contributed by atoms with Crippen molar-refractivity contribution in [1.82, 2.24) is 0 Å². The number of carbonyl (C=O) groups excluding carboxylic acids is 2. The lowest BCUT2D eigenvalue weighted by Gasteiger charge is -2.10. The Morgan fingerprint density at radius 1 is 1.25 bits per heavy atom. The van der Waals surface area contributed by atoms with Crippen molar-refractivity contribution in [3.05, 3.63) is 52.1 Å².